The van der Waals surface area contributed by atoms with Gasteiger partial charge in [0.25, 0.3) is 5.91 Å². The zero-order valence-corrected chi connectivity index (χ0v) is 15.3. The second-order valence-corrected chi connectivity index (χ2v) is 7.56. The van der Waals surface area contributed by atoms with Gasteiger partial charge in [-0.3, -0.25) is 14.4 Å². The maximum atomic E-state index is 12.9. The molecule has 2 aliphatic rings. The van der Waals surface area contributed by atoms with Crippen LogP contribution in [0.3, 0.4) is 0 Å². The molecule has 1 aromatic carbocycles. The standard InChI is InChI=1S/C21H23N3O3/c1-13-2-4-14(5-3-13)17-11-24(12-18(17)23-20(26)15-6-7-15)21(27)16-8-9-19(25)22-10-16/h2-5,8-10,15,17-18H,6-7,11-12H2,1H3,(H,22,25)(H,23,26)/t17-,18+/m0/s1. The number of carbonyl (C=O) groups is 2. The Morgan fingerprint density at radius 2 is 1.81 bits per heavy atom. The Morgan fingerprint density at radius 3 is 2.44 bits per heavy atom. The van der Waals surface area contributed by atoms with Gasteiger partial charge in [0.2, 0.25) is 11.5 Å². The fraction of sp³-hybridized carbons (Fsp3) is 0.381. The maximum absolute atomic E-state index is 12.9. The fourth-order valence-electron chi connectivity index (χ4n) is 3.64. The van der Waals surface area contributed by atoms with Crippen molar-refractivity contribution in [3.8, 4) is 0 Å². The summed E-state index contributed by atoms with van der Waals surface area (Å²) in [6.45, 7) is 3.04. The number of likely N-dealkylation sites (tertiary alicyclic amines) is 1. The molecule has 2 atom stereocenters. The van der Waals surface area contributed by atoms with Crippen LogP contribution in [-0.2, 0) is 4.79 Å². The molecule has 0 spiro atoms. The first-order valence-corrected chi connectivity index (χ1v) is 9.36. The summed E-state index contributed by atoms with van der Waals surface area (Å²) in [5, 5.41) is 3.16. The van der Waals surface area contributed by atoms with Crippen LogP contribution in [0.5, 0.6) is 0 Å². The van der Waals surface area contributed by atoms with Gasteiger partial charge < -0.3 is 15.2 Å². The lowest BCUT2D eigenvalue weighted by Gasteiger charge is -2.20. The summed E-state index contributed by atoms with van der Waals surface area (Å²) >= 11 is 0. The molecular weight excluding hydrogens is 342 g/mol. The molecule has 6 nitrogen and oxygen atoms in total. The van der Waals surface area contributed by atoms with Crippen molar-refractivity contribution in [3.63, 3.8) is 0 Å². The third kappa shape index (κ3) is 3.79. The Hall–Kier alpha value is -2.89. The number of rotatable bonds is 4. The van der Waals surface area contributed by atoms with Gasteiger partial charge in [-0.25, -0.2) is 0 Å². The summed E-state index contributed by atoms with van der Waals surface area (Å²) < 4.78 is 0. The van der Waals surface area contributed by atoms with Gasteiger partial charge in [0.15, 0.2) is 0 Å². The molecule has 0 bridgehead atoms. The van der Waals surface area contributed by atoms with E-state index < -0.39 is 0 Å². The predicted octanol–water partition coefficient (Wildman–Crippen LogP) is 1.82. The summed E-state index contributed by atoms with van der Waals surface area (Å²) in [6.07, 6.45) is 3.35. The fourth-order valence-corrected chi connectivity index (χ4v) is 3.64. The van der Waals surface area contributed by atoms with Crippen LogP contribution in [0.4, 0.5) is 0 Å². The number of aromatic nitrogens is 1. The maximum Gasteiger partial charge on any atom is 0.255 e. The molecule has 140 valence electrons. The highest BCUT2D eigenvalue weighted by Gasteiger charge is 2.39. The number of aromatic amines is 1. The van der Waals surface area contributed by atoms with Crippen LogP contribution >= 0.6 is 0 Å². The van der Waals surface area contributed by atoms with Crippen molar-refractivity contribution in [1.82, 2.24) is 15.2 Å². The van der Waals surface area contributed by atoms with E-state index in [2.05, 4.69) is 34.6 Å². The van der Waals surface area contributed by atoms with Gasteiger partial charge in [0.05, 0.1) is 11.6 Å². The van der Waals surface area contributed by atoms with Crippen LogP contribution in [0, 0.1) is 12.8 Å². The number of hydrogen-bond donors (Lipinski definition) is 2. The van der Waals surface area contributed by atoms with Gasteiger partial charge in [0.1, 0.15) is 0 Å². The van der Waals surface area contributed by atoms with E-state index >= 15 is 0 Å². The van der Waals surface area contributed by atoms with Crippen molar-refractivity contribution < 1.29 is 9.59 Å². The third-order valence-corrected chi connectivity index (χ3v) is 5.42. The zero-order valence-electron chi connectivity index (χ0n) is 15.3. The highest BCUT2D eigenvalue weighted by molar-refractivity contribution is 5.94. The van der Waals surface area contributed by atoms with Gasteiger partial charge in [-0.1, -0.05) is 29.8 Å². The molecule has 1 saturated heterocycles. The highest BCUT2D eigenvalue weighted by Crippen LogP contribution is 2.32. The first kappa shape index (κ1) is 17.5. The molecule has 0 unspecified atom stereocenters. The number of aryl methyl sites for hydroxylation is 1. The van der Waals surface area contributed by atoms with Crippen LogP contribution in [0.1, 0.15) is 40.2 Å². The van der Waals surface area contributed by atoms with Gasteiger partial charge in [-0.05, 0) is 31.4 Å². The number of benzene rings is 1. The highest BCUT2D eigenvalue weighted by atomic mass is 16.2. The minimum Gasteiger partial charge on any atom is -0.351 e. The van der Waals surface area contributed by atoms with Gasteiger partial charge >= 0.3 is 0 Å². The molecule has 27 heavy (non-hydrogen) atoms. The number of H-pyrrole nitrogens is 1. The van der Waals surface area contributed by atoms with E-state index in [1.165, 1.54) is 23.9 Å². The molecule has 1 saturated carbocycles. The van der Waals surface area contributed by atoms with Crippen LogP contribution in [0.15, 0.2) is 47.4 Å². The smallest absolute Gasteiger partial charge is 0.255 e. The molecule has 2 aromatic rings. The Morgan fingerprint density at radius 1 is 1.07 bits per heavy atom. The van der Waals surface area contributed by atoms with E-state index in [9.17, 15) is 14.4 Å². The number of hydrogen-bond acceptors (Lipinski definition) is 3. The minimum absolute atomic E-state index is 0.0556. The summed E-state index contributed by atoms with van der Waals surface area (Å²) in [5.74, 6) is 0.148. The molecule has 2 amide bonds. The van der Waals surface area contributed by atoms with Crippen molar-refractivity contribution in [2.75, 3.05) is 13.1 Å². The lowest BCUT2D eigenvalue weighted by atomic mass is 9.93. The molecule has 6 heteroatoms. The van der Waals surface area contributed by atoms with Crippen LogP contribution < -0.4 is 10.9 Å². The minimum atomic E-state index is -0.236. The van der Waals surface area contributed by atoms with Gasteiger partial charge in [-0.2, -0.15) is 0 Å². The first-order chi connectivity index (χ1) is 13.0. The molecule has 1 aromatic heterocycles. The van der Waals surface area contributed by atoms with E-state index in [1.54, 1.807) is 4.90 Å². The monoisotopic (exact) mass is 365 g/mol. The van der Waals surface area contributed by atoms with Gasteiger partial charge in [-0.15, -0.1) is 0 Å². The number of amides is 2. The SMILES string of the molecule is Cc1ccc([C@@H]2CN(C(=O)c3ccc(=O)[nH]c3)C[C@H]2NC(=O)C2CC2)cc1. The predicted molar refractivity (Wildman–Crippen MR) is 102 cm³/mol. The zero-order chi connectivity index (χ0) is 19.0. The van der Waals surface area contributed by atoms with Crippen molar-refractivity contribution >= 4 is 11.8 Å². The van der Waals surface area contributed by atoms with E-state index in [1.807, 2.05) is 6.92 Å². The molecule has 2 fully saturated rings. The van der Waals surface area contributed by atoms with E-state index in [-0.39, 0.29) is 35.3 Å². The van der Waals surface area contributed by atoms with Crippen molar-refractivity contribution in [2.24, 2.45) is 5.92 Å². The summed E-state index contributed by atoms with van der Waals surface area (Å²) in [7, 11) is 0. The lowest BCUT2D eigenvalue weighted by Crippen LogP contribution is -2.41. The largest absolute Gasteiger partial charge is 0.351 e. The van der Waals surface area contributed by atoms with Crippen LogP contribution in [0.2, 0.25) is 0 Å². The van der Waals surface area contributed by atoms with Crippen molar-refractivity contribution in [1.29, 1.82) is 0 Å². The number of nitrogens with zero attached hydrogens (tertiary/aromatic N) is 1. The molecule has 1 aliphatic heterocycles. The van der Waals surface area contributed by atoms with Crippen LogP contribution in [0.25, 0.3) is 0 Å². The van der Waals surface area contributed by atoms with Crippen LogP contribution in [-0.4, -0.2) is 40.8 Å². The van der Waals surface area contributed by atoms with E-state index in [0.717, 1.165) is 18.4 Å². The average Bonchev–Trinajstić information content (AvgIpc) is 3.44. The van der Waals surface area contributed by atoms with E-state index in [4.69, 9.17) is 0 Å². The normalized spacial score (nSPS) is 21.9. The molecule has 4 rings (SSSR count). The summed E-state index contributed by atoms with van der Waals surface area (Å²) in [5.41, 5.74) is 2.52. The van der Waals surface area contributed by atoms with Crippen molar-refractivity contribution in [2.45, 2.75) is 31.7 Å². The second-order valence-electron chi connectivity index (χ2n) is 7.56. The molecule has 0 radical (unpaired) electrons. The summed E-state index contributed by atoms with van der Waals surface area (Å²) in [6, 6.07) is 11.1. The number of carbonyl (C=O) groups excluding carboxylic acids is 2. The molecule has 2 heterocycles. The molecular formula is C21H23N3O3. The Labute approximate surface area is 157 Å². The van der Waals surface area contributed by atoms with Crippen molar-refractivity contribution in [3.05, 3.63) is 69.6 Å². The topological polar surface area (TPSA) is 82.3 Å². The van der Waals surface area contributed by atoms with Gasteiger partial charge in [0, 0.05) is 37.2 Å². The third-order valence-electron chi connectivity index (χ3n) is 5.42. The Kier molecular flexibility index (Phi) is 4.56. The van der Waals surface area contributed by atoms with E-state index in [0.29, 0.717) is 18.7 Å². The molecule has 1 aliphatic carbocycles. The average molecular weight is 365 g/mol. The number of pyridine rings is 1. The molecule has 2 N–H and O–H groups in total. The quantitative estimate of drug-likeness (QED) is 0.867. The summed E-state index contributed by atoms with van der Waals surface area (Å²) in [4.78, 5) is 40.7. The first-order valence-electron chi connectivity index (χ1n) is 9.36. The Bertz CT molecular complexity index is 895. The lowest BCUT2D eigenvalue weighted by molar-refractivity contribution is -0.123. The Balaban J connectivity index is 1.56. The second kappa shape index (κ2) is 7.02. The number of nitrogens with one attached hydrogen (secondary N) is 2.